The molecule has 0 saturated carbocycles. The highest BCUT2D eigenvalue weighted by atomic mass is 16.6. The molecule has 0 radical (unpaired) electrons. The third-order valence-corrected chi connectivity index (χ3v) is 2.25. The van der Waals surface area contributed by atoms with E-state index in [-0.39, 0.29) is 24.0 Å². The number of likely N-dealkylation sites (N-methyl/N-ethyl adjacent to an activating group) is 1. The van der Waals surface area contributed by atoms with Crippen molar-refractivity contribution in [3.63, 3.8) is 0 Å². The lowest BCUT2D eigenvalue weighted by Gasteiger charge is -2.25. The third kappa shape index (κ3) is 1.39. The highest BCUT2D eigenvalue weighted by Gasteiger charge is 2.28. The SMILES string of the molecule is CN1C(=O)COc2c1cccc2[N+](=O)[O-]. The van der Waals surface area contributed by atoms with Crippen LogP contribution in [0.25, 0.3) is 0 Å². The maximum Gasteiger partial charge on any atom is 0.313 e. The zero-order chi connectivity index (χ0) is 11.0. The molecule has 1 heterocycles. The minimum absolute atomic E-state index is 0.119. The lowest BCUT2D eigenvalue weighted by molar-refractivity contribution is -0.385. The van der Waals surface area contributed by atoms with Gasteiger partial charge in [0.2, 0.25) is 5.75 Å². The number of amides is 1. The van der Waals surface area contributed by atoms with Crippen LogP contribution < -0.4 is 9.64 Å². The molecule has 78 valence electrons. The molecular weight excluding hydrogens is 200 g/mol. The van der Waals surface area contributed by atoms with Crippen LogP contribution in [0.1, 0.15) is 0 Å². The van der Waals surface area contributed by atoms with Gasteiger partial charge in [0.25, 0.3) is 5.91 Å². The highest BCUT2D eigenvalue weighted by molar-refractivity contribution is 5.98. The van der Waals surface area contributed by atoms with Crippen LogP contribution in [0.15, 0.2) is 18.2 Å². The minimum atomic E-state index is -0.525. The van der Waals surface area contributed by atoms with Gasteiger partial charge in [-0.15, -0.1) is 0 Å². The van der Waals surface area contributed by atoms with Crippen LogP contribution in [0, 0.1) is 10.1 Å². The number of carbonyl (C=O) groups is 1. The summed E-state index contributed by atoms with van der Waals surface area (Å²) in [7, 11) is 1.56. The molecule has 0 atom stereocenters. The fraction of sp³-hybridized carbons (Fsp3) is 0.222. The average molecular weight is 208 g/mol. The summed E-state index contributed by atoms with van der Waals surface area (Å²) in [5.41, 5.74) is 0.312. The quantitative estimate of drug-likeness (QED) is 0.508. The fourth-order valence-corrected chi connectivity index (χ4v) is 1.43. The van der Waals surface area contributed by atoms with Gasteiger partial charge in [0, 0.05) is 13.1 Å². The second-order valence-corrected chi connectivity index (χ2v) is 3.12. The first kappa shape index (κ1) is 9.45. The number of hydrogen-bond donors (Lipinski definition) is 0. The second kappa shape index (κ2) is 3.23. The Labute approximate surface area is 85.2 Å². The van der Waals surface area contributed by atoms with E-state index < -0.39 is 4.92 Å². The van der Waals surface area contributed by atoms with E-state index in [9.17, 15) is 14.9 Å². The molecule has 1 aliphatic rings. The van der Waals surface area contributed by atoms with Gasteiger partial charge in [0.15, 0.2) is 6.61 Å². The van der Waals surface area contributed by atoms with Crippen molar-refractivity contribution in [3.8, 4) is 5.75 Å². The van der Waals surface area contributed by atoms with Crippen LogP contribution in [0.2, 0.25) is 0 Å². The van der Waals surface area contributed by atoms with Crippen LogP contribution >= 0.6 is 0 Å². The largest absolute Gasteiger partial charge is 0.475 e. The van der Waals surface area contributed by atoms with Crippen LogP contribution in [-0.2, 0) is 4.79 Å². The molecule has 0 N–H and O–H groups in total. The average Bonchev–Trinajstić information content (AvgIpc) is 2.23. The highest BCUT2D eigenvalue weighted by Crippen LogP contribution is 2.38. The lowest BCUT2D eigenvalue weighted by Crippen LogP contribution is -2.35. The topological polar surface area (TPSA) is 72.7 Å². The maximum absolute atomic E-state index is 11.3. The van der Waals surface area contributed by atoms with Gasteiger partial charge >= 0.3 is 5.69 Å². The Balaban J connectivity index is 2.58. The Kier molecular flexibility index (Phi) is 2.03. The maximum atomic E-state index is 11.3. The van der Waals surface area contributed by atoms with Gasteiger partial charge in [0.05, 0.1) is 10.6 Å². The molecular formula is C9H8N2O4. The van der Waals surface area contributed by atoms with Crippen molar-refractivity contribution in [3.05, 3.63) is 28.3 Å². The number of ether oxygens (including phenoxy) is 1. The Hall–Kier alpha value is -2.11. The molecule has 1 aromatic carbocycles. The molecule has 0 unspecified atom stereocenters. The first-order valence-electron chi connectivity index (χ1n) is 4.28. The first-order valence-corrected chi connectivity index (χ1v) is 4.28. The lowest BCUT2D eigenvalue weighted by atomic mass is 10.2. The Morgan fingerprint density at radius 2 is 2.27 bits per heavy atom. The van der Waals surface area contributed by atoms with Crippen molar-refractivity contribution in [1.82, 2.24) is 0 Å². The second-order valence-electron chi connectivity index (χ2n) is 3.12. The van der Waals surface area contributed by atoms with E-state index >= 15 is 0 Å². The molecule has 0 saturated heterocycles. The number of carbonyl (C=O) groups excluding carboxylic acids is 1. The van der Waals surface area contributed by atoms with Gasteiger partial charge < -0.3 is 9.64 Å². The number of anilines is 1. The van der Waals surface area contributed by atoms with E-state index in [2.05, 4.69) is 0 Å². The molecule has 1 aliphatic heterocycles. The molecule has 1 amide bonds. The predicted molar refractivity (Wildman–Crippen MR) is 52.0 cm³/mol. The number of nitro groups is 1. The monoisotopic (exact) mass is 208 g/mol. The number of fused-ring (bicyclic) bond motifs is 1. The van der Waals surface area contributed by atoms with Gasteiger partial charge in [-0.3, -0.25) is 14.9 Å². The summed E-state index contributed by atoms with van der Waals surface area (Å²) >= 11 is 0. The summed E-state index contributed by atoms with van der Waals surface area (Å²) in [6.07, 6.45) is 0. The Morgan fingerprint density at radius 3 is 2.93 bits per heavy atom. The number of benzene rings is 1. The van der Waals surface area contributed by atoms with Crippen LogP contribution in [0.4, 0.5) is 11.4 Å². The molecule has 15 heavy (non-hydrogen) atoms. The zero-order valence-corrected chi connectivity index (χ0v) is 7.97. The number of nitrogens with zero attached hydrogens (tertiary/aromatic N) is 2. The van der Waals surface area contributed by atoms with Crippen molar-refractivity contribution in [2.75, 3.05) is 18.6 Å². The number of rotatable bonds is 1. The van der Waals surface area contributed by atoms with Crippen LogP contribution in [0.3, 0.4) is 0 Å². The van der Waals surface area contributed by atoms with E-state index in [1.54, 1.807) is 13.1 Å². The summed E-state index contributed by atoms with van der Waals surface area (Å²) in [6.45, 7) is -0.158. The first-order chi connectivity index (χ1) is 7.11. The smallest absolute Gasteiger partial charge is 0.313 e. The van der Waals surface area contributed by atoms with Gasteiger partial charge in [-0.25, -0.2) is 0 Å². The molecule has 6 nitrogen and oxygen atoms in total. The zero-order valence-electron chi connectivity index (χ0n) is 7.97. The third-order valence-electron chi connectivity index (χ3n) is 2.25. The summed E-state index contributed by atoms with van der Waals surface area (Å²) in [5, 5.41) is 10.7. The Morgan fingerprint density at radius 1 is 1.53 bits per heavy atom. The molecule has 2 rings (SSSR count). The molecule has 0 aromatic heterocycles. The molecule has 0 aliphatic carbocycles. The molecule has 6 heteroatoms. The predicted octanol–water partition coefficient (Wildman–Crippen LogP) is 0.950. The standard InChI is InChI=1S/C9H8N2O4/c1-10-6-3-2-4-7(11(13)14)9(6)15-5-8(10)12/h2-4H,5H2,1H3. The van der Waals surface area contributed by atoms with Crippen molar-refractivity contribution in [2.45, 2.75) is 0 Å². The fourth-order valence-electron chi connectivity index (χ4n) is 1.43. The minimum Gasteiger partial charge on any atom is -0.475 e. The van der Waals surface area contributed by atoms with Gasteiger partial charge in [-0.05, 0) is 6.07 Å². The van der Waals surface area contributed by atoms with Crippen LogP contribution in [-0.4, -0.2) is 24.5 Å². The summed E-state index contributed by atoms with van der Waals surface area (Å²) in [4.78, 5) is 22.8. The molecule has 1 aromatic rings. The van der Waals surface area contributed by atoms with Crippen LogP contribution in [0.5, 0.6) is 5.75 Å². The number of hydrogen-bond acceptors (Lipinski definition) is 4. The normalized spacial score (nSPS) is 14.5. The van der Waals surface area contributed by atoms with Crippen molar-refractivity contribution in [1.29, 1.82) is 0 Å². The van der Waals surface area contributed by atoms with Crippen molar-refractivity contribution < 1.29 is 14.5 Å². The van der Waals surface area contributed by atoms with Crippen molar-refractivity contribution >= 4 is 17.3 Å². The van der Waals surface area contributed by atoms with Gasteiger partial charge in [-0.1, -0.05) is 6.07 Å². The van der Waals surface area contributed by atoms with E-state index in [1.807, 2.05) is 0 Å². The summed E-state index contributed by atoms with van der Waals surface area (Å²) < 4.78 is 5.07. The van der Waals surface area contributed by atoms with Crippen molar-refractivity contribution in [2.24, 2.45) is 0 Å². The van der Waals surface area contributed by atoms with E-state index in [4.69, 9.17) is 4.74 Å². The van der Waals surface area contributed by atoms with Gasteiger partial charge in [0.1, 0.15) is 0 Å². The number of nitro benzene ring substituents is 1. The number of para-hydroxylation sites is 1. The van der Waals surface area contributed by atoms with Gasteiger partial charge in [-0.2, -0.15) is 0 Å². The summed E-state index contributed by atoms with van der Waals surface area (Å²) in [6, 6.07) is 4.48. The van der Waals surface area contributed by atoms with E-state index in [0.717, 1.165) is 0 Å². The van der Waals surface area contributed by atoms with E-state index in [1.165, 1.54) is 17.0 Å². The molecule has 0 bridgehead atoms. The van der Waals surface area contributed by atoms with E-state index in [0.29, 0.717) is 5.69 Å². The summed E-state index contributed by atoms with van der Waals surface area (Å²) in [5.74, 6) is -0.0624. The Bertz CT molecular complexity index is 444. The molecule has 0 fully saturated rings. The molecule has 0 spiro atoms.